The number of hydrogen-bond acceptors (Lipinski definition) is 2. The van der Waals surface area contributed by atoms with Crippen molar-refractivity contribution >= 4 is 11.8 Å². The van der Waals surface area contributed by atoms with Crippen LogP contribution in [0.5, 0.6) is 0 Å². The minimum atomic E-state index is 0.756. The second kappa shape index (κ2) is 5.39. The summed E-state index contributed by atoms with van der Waals surface area (Å²) in [5.74, 6) is 0.756. The minimum absolute atomic E-state index is 0.756. The van der Waals surface area contributed by atoms with Crippen molar-refractivity contribution in [1.29, 1.82) is 5.26 Å². The van der Waals surface area contributed by atoms with Crippen LogP contribution in [0.3, 0.4) is 0 Å². The van der Waals surface area contributed by atoms with Gasteiger partial charge in [-0.15, -0.1) is 0 Å². The van der Waals surface area contributed by atoms with E-state index in [1.165, 1.54) is 28.5 Å². The number of rotatable bonds is 3. The standard InChI is InChI=1S/C14H11NS/c15-11-16-10-12-6-8-14(9-7-12)13-4-2-1-3-5-13/h1-9H,10H2. The van der Waals surface area contributed by atoms with Crippen molar-refractivity contribution in [1.82, 2.24) is 0 Å². The van der Waals surface area contributed by atoms with E-state index in [1.54, 1.807) is 0 Å². The van der Waals surface area contributed by atoms with Gasteiger partial charge in [0.1, 0.15) is 5.40 Å². The first-order valence-electron chi connectivity index (χ1n) is 5.05. The quantitative estimate of drug-likeness (QED) is 0.735. The number of thiocyanates is 1. The molecule has 1 nitrogen and oxygen atoms in total. The molecule has 0 bridgehead atoms. The van der Waals surface area contributed by atoms with Crippen molar-refractivity contribution in [3.05, 3.63) is 60.2 Å². The van der Waals surface area contributed by atoms with Crippen LogP contribution in [0.4, 0.5) is 0 Å². The van der Waals surface area contributed by atoms with Crippen molar-refractivity contribution < 1.29 is 0 Å². The third-order valence-corrected chi connectivity index (χ3v) is 2.97. The summed E-state index contributed by atoms with van der Waals surface area (Å²) >= 11 is 1.27. The van der Waals surface area contributed by atoms with E-state index in [9.17, 15) is 0 Å². The first kappa shape index (κ1) is 10.8. The zero-order valence-electron chi connectivity index (χ0n) is 8.76. The highest BCUT2D eigenvalue weighted by molar-refractivity contribution is 8.02. The van der Waals surface area contributed by atoms with E-state index in [2.05, 4.69) is 41.8 Å². The van der Waals surface area contributed by atoms with Gasteiger partial charge in [0.05, 0.1) is 0 Å². The molecule has 0 aromatic heterocycles. The van der Waals surface area contributed by atoms with E-state index in [0.29, 0.717) is 0 Å². The molecule has 0 N–H and O–H groups in total. The molecule has 0 saturated carbocycles. The Kier molecular flexibility index (Phi) is 3.63. The Bertz CT molecular complexity index is 482. The highest BCUT2D eigenvalue weighted by atomic mass is 32.2. The van der Waals surface area contributed by atoms with Crippen LogP contribution in [-0.2, 0) is 5.75 Å². The topological polar surface area (TPSA) is 23.8 Å². The van der Waals surface area contributed by atoms with Crippen LogP contribution in [0.25, 0.3) is 11.1 Å². The second-order valence-corrected chi connectivity index (χ2v) is 4.20. The van der Waals surface area contributed by atoms with E-state index in [4.69, 9.17) is 5.26 Å². The summed E-state index contributed by atoms with van der Waals surface area (Å²) in [6.45, 7) is 0. The summed E-state index contributed by atoms with van der Waals surface area (Å²) in [6.07, 6.45) is 0. The summed E-state index contributed by atoms with van der Waals surface area (Å²) in [5, 5.41) is 10.6. The molecule has 0 aliphatic carbocycles. The Hall–Kier alpha value is -1.72. The summed E-state index contributed by atoms with van der Waals surface area (Å²) in [4.78, 5) is 0. The number of benzene rings is 2. The first-order valence-corrected chi connectivity index (χ1v) is 6.04. The van der Waals surface area contributed by atoms with E-state index < -0.39 is 0 Å². The second-order valence-electron chi connectivity index (χ2n) is 3.44. The fraction of sp³-hybridized carbons (Fsp3) is 0.0714. The molecule has 0 fully saturated rings. The molecule has 0 radical (unpaired) electrons. The molecule has 0 aliphatic rings. The summed E-state index contributed by atoms with van der Waals surface area (Å²) < 4.78 is 0. The molecule has 0 spiro atoms. The molecule has 78 valence electrons. The SMILES string of the molecule is N#CSCc1ccc(-c2ccccc2)cc1. The third-order valence-electron chi connectivity index (χ3n) is 2.36. The predicted molar refractivity (Wildman–Crippen MR) is 68.8 cm³/mol. The minimum Gasteiger partial charge on any atom is -0.185 e. The normalized spacial score (nSPS) is 9.69. The fourth-order valence-corrected chi connectivity index (χ4v) is 1.96. The van der Waals surface area contributed by atoms with Gasteiger partial charge < -0.3 is 0 Å². The summed E-state index contributed by atoms with van der Waals surface area (Å²) in [6, 6.07) is 18.6. The smallest absolute Gasteiger partial charge is 0.133 e. The average molecular weight is 225 g/mol. The fourth-order valence-electron chi connectivity index (χ4n) is 1.54. The van der Waals surface area contributed by atoms with E-state index in [0.717, 1.165) is 5.75 Å². The van der Waals surface area contributed by atoms with Crippen molar-refractivity contribution in [3.63, 3.8) is 0 Å². The molecular formula is C14H11NS. The molecule has 2 aromatic carbocycles. The van der Waals surface area contributed by atoms with Crippen LogP contribution >= 0.6 is 11.8 Å². The molecule has 0 saturated heterocycles. The lowest BCUT2D eigenvalue weighted by molar-refractivity contribution is 1.42. The molecule has 16 heavy (non-hydrogen) atoms. The maximum absolute atomic E-state index is 8.47. The largest absolute Gasteiger partial charge is 0.185 e. The van der Waals surface area contributed by atoms with Gasteiger partial charge in [-0.3, -0.25) is 0 Å². The Morgan fingerprint density at radius 1 is 0.875 bits per heavy atom. The number of hydrogen-bond donors (Lipinski definition) is 0. The molecule has 2 rings (SSSR count). The van der Waals surface area contributed by atoms with Crippen LogP contribution < -0.4 is 0 Å². The van der Waals surface area contributed by atoms with Crippen molar-refractivity contribution in [3.8, 4) is 16.5 Å². The zero-order chi connectivity index (χ0) is 11.2. The lowest BCUT2D eigenvalue weighted by Gasteiger charge is -2.02. The number of nitrogens with zero attached hydrogens (tertiary/aromatic N) is 1. The van der Waals surface area contributed by atoms with E-state index in [1.807, 2.05) is 18.2 Å². The van der Waals surface area contributed by atoms with Gasteiger partial charge in [0.2, 0.25) is 0 Å². The van der Waals surface area contributed by atoms with Gasteiger partial charge in [0, 0.05) is 5.75 Å². The van der Waals surface area contributed by atoms with Crippen molar-refractivity contribution in [2.24, 2.45) is 0 Å². The highest BCUT2D eigenvalue weighted by Crippen LogP contribution is 2.20. The average Bonchev–Trinajstić information content (AvgIpc) is 2.38. The monoisotopic (exact) mass is 225 g/mol. The highest BCUT2D eigenvalue weighted by Gasteiger charge is 1.97. The first-order chi connectivity index (χ1) is 7.90. The zero-order valence-corrected chi connectivity index (χ0v) is 9.58. The van der Waals surface area contributed by atoms with Crippen molar-refractivity contribution in [2.75, 3.05) is 0 Å². The van der Waals surface area contributed by atoms with Gasteiger partial charge in [-0.2, -0.15) is 5.26 Å². The van der Waals surface area contributed by atoms with E-state index >= 15 is 0 Å². The van der Waals surface area contributed by atoms with Crippen LogP contribution in [-0.4, -0.2) is 0 Å². The Morgan fingerprint density at radius 3 is 2.12 bits per heavy atom. The van der Waals surface area contributed by atoms with Gasteiger partial charge in [-0.1, -0.05) is 54.6 Å². The molecule has 2 heteroatoms. The number of nitriles is 1. The van der Waals surface area contributed by atoms with Crippen LogP contribution in [0.1, 0.15) is 5.56 Å². The maximum atomic E-state index is 8.47. The van der Waals surface area contributed by atoms with Crippen LogP contribution in [0, 0.1) is 10.7 Å². The molecule has 0 atom stereocenters. The summed E-state index contributed by atoms with van der Waals surface area (Å²) in [7, 11) is 0. The van der Waals surface area contributed by atoms with Crippen LogP contribution in [0.15, 0.2) is 54.6 Å². The molecule has 0 amide bonds. The predicted octanol–water partition coefficient (Wildman–Crippen LogP) is 4.07. The Balaban J connectivity index is 2.17. The summed E-state index contributed by atoms with van der Waals surface area (Å²) in [5.41, 5.74) is 3.62. The van der Waals surface area contributed by atoms with Gasteiger partial charge >= 0.3 is 0 Å². The lowest BCUT2D eigenvalue weighted by atomic mass is 10.0. The van der Waals surface area contributed by atoms with Gasteiger partial charge in [0.15, 0.2) is 0 Å². The van der Waals surface area contributed by atoms with Gasteiger partial charge in [-0.25, -0.2) is 0 Å². The molecule has 0 unspecified atom stereocenters. The van der Waals surface area contributed by atoms with Gasteiger partial charge in [0.25, 0.3) is 0 Å². The molecular weight excluding hydrogens is 214 g/mol. The number of thioether (sulfide) groups is 1. The lowest BCUT2D eigenvalue weighted by Crippen LogP contribution is -1.81. The molecule has 2 aromatic rings. The molecule has 0 aliphatic heterocycles. The van der Waals surface area contributed by atoms with Gasteiger partial charge in [-0.05, 0) is 28.5 Å². The van der Waals surface area contributed by atoms with E-state index in [-0.39, 0.29) is 0 Å². The maximum Gasteiger partial charge on any atom is 0.133 e. The molecule has 0 heterocycles. The third kappa shape index (κ3) is 2.65. The Morgan fingerprint density at radius 2 is 1.50 bits per heavy atom. The van der Waals surface area contributed by atoms with Crippen molar-refractivity contribution in [2.45, 2.75) is 5.75 Å². The van der Waals surface area contributed by atoms with Crippen LogP contribution in [0.2, 0.25) is 0 Å². The Labute approximate surface area is 99.7 Å².